The van der Waals surface area contributed by atoms with Crippen molar-refractivity contribution in [1.82, 2.24) is 19.8 Å². The van der Waals surface area contributed by atoms with Gasteiger partial charge in [-0.2, -0.15) is 0 Å². The molecule has 0 radical (unpaired) electrons. The van der Waals surface area contributed by atoms with Gasteiger partial charge in [-0.05, 0) is 32.7 Å². The van der Waals surface area contributed by atoms with Crippen molar-refractivity contribution in [2.75, 3.05) is 26.2 Å². The van der Waals surface area contributed by atoms with Crippen LogP contribution < -0.4 is 5.32 Å². The number of carbonyl (C=O) groups is 1. The number of aliphatic hydroxyl groups is 1. The van der Waals surface area contributed by atoms with Crippen molar-refractivity contribution in [3.63, 3.8) is 0 Å². The van der Waals surface area contributed by atoms with Crippen molar-refractivity contribution in [3.05, 3.63) is 18.2 Å². The topological polar surface area (TPSA) is 70.4 Å². The van der Waals surface area contributed by atoms with Crippen molar-refractivity contribution in [2.45, 2.75) is 38.8 Å². The molecule has 1 amide bonds. The van der Waals surface area contributed by atoms with Gasteiger partial charge in [0.1, 0.15) is 12.4 Å². The van der Waals surface area contributed by atoms with Crippen molar-refractivity contribution in [1.29, 1.82) is 0 Å². The second-order valence-corrected chi connectivity index (χ2v) is 6.32. The van der Waals surface area contributed by atoms with Gasteiger partial charge in [-0.25, -0.2) is 4.98 Å². The molecular weight excluding hydrogens is 268 g/mol. The van der Waals surface area contributed by atoms with Crippen LogP contribution in [0.2, 0.25) is 0 Å². The lowest BCUT2D eigenvalue weighted by Gasteiger charge is -2.50. The highest BCUT2D eigenvalue weighted by Gasteiger charge is 2.44. The number of hydrogen-bond donors (Lipinski definition) is 2. The number of carbonyl (C=O) groups excluding carboxylic acids is 1. The third-order valence-electron chi connectivity index (χ3n) is 5.16. The van der Waals surface area contributed by atoms with Gasteiger partial charge >= 0.3 is 0 Å². The molecule has 0 bridgehead atoms. The minimum atomic E-state index is -0.0278. The molecule has 6 nitrogen and oxygen atoms in total. The van der Waals surface area contributed by atoms with E-state index in [0.29, 0.717) is 13.1 Å². The quantitative estimate of drug-likeness (QED) is 0.832. The smallest absolute Gasteiger partial charge is 0.242 e. The van der Waals surface area contributed by atoms with E-state index in [1.165, 1.54) is 0 Å². The summed E-state index contributed by atoms with van der Waals surface area (Å²) in [7, 11) is 0. The zero-order valence-corrected chi connectivity index (χ0v) is 12.6. The van der Waals surface area contributed by atoms with Gasteiger partial charge in [-0.3, -0.25) is 4.79 Å². The second kappa shape index (κ2) is 5.77. The predicted molar refractivity (Wildman–Crippen MR) is 78.7 cm³/mol. The second-order valence-electron chi connectivity index (χ2n) is 6.32. The number of hydrogen-bond acceptors (Lipinski definition) is 4. The third-order valence-corrected chi connectivity index (χ3v) is 5.16. The summed E-state index contributed by atoms with van der Waals surface area (Å²) in [5.41, 5.74) is -0.0278. The molecule has 0 unspecified atom stereocenters. The number of likely N-dealkylation sites (tertiary alicyclic amines) is 1. The Morgan fingerprint density at radius 1 is 1.57 bits per heavy atom. The van der Waals surface area contributed by atoms with Crippen LogP contribution in [0.25, 0.3) is 0 Å². The van der Waals surface area contributed by atoms with Gasteiger partial charge < -0.3 is 19.9 Å². The standard InChI is InChI=1S/C15H24N4O2/c1-12-16-6-8-18(12)10-14(21)19-7-4-15(11-20)3-2-5-17-13(15)9-19/h6,8,13,17,20H,2-5,7,9-11H2,1H3/t13-,15-/m1/s1. The molecule has 0 saturated carbocycles. The predicted octanol–water partition coefficient (Wildman–Crippen LogP) is 0.155. The van der Waals surface area contributed by atoms with E-state index < -0.39 is 0 Å². The Bertz CT molecular complexity index is 516. The molecular formula is C15H24N4O2. The highest BCUT2D eigenvalue weighted by molar-refractivity contribution is 5.76. The van der Waals surface area contributed by atoms with Crippen LogP contribution >= 0.6 is 0 Å². The number of amides is 1. The van der Waals surface area contributed by atoms with E-state index in [9.17, 15) is 9.90 Å². The van der Waals surface area contributed by atoms with Crippen LogP contribution in [0.5, 0.6) is 0 Å². The number of imidazole rings is 1. The summed E-state index contributed by atoms with van der Waals surface area (Å²) in [5, 5.41) is 13.3. The first-order valence-electron chi connectivity index (χ1n) is 7.74. The summed E-state index contributed by atoms with van der Waals surface area (Å²) in [6.07, 6.45) is 6.62. The highest BCUT2D eigenvalue weighted by atomic mass is 16.3. The van der Waals surface area contributed by atoms with E-state index in [4.69, 9.17) is 0 Å². The fourth-order valence-electron chi connectivity index (χ4n) is 3.65. The lowest BCUT2D eigenvalue weighted by molar-refractivity contribution is -0.136. The summed E-state index contributed by atoms with van der Waals surface area (Å²) < 4.78 is 1.88. The number of aliphatic hydroxyl groups excluding tert-OH is 1. The summed E-state index contributed by atoms with van der Waals surface area (Å²) in [6.45, 7) is 4.90. The average Bonchev–Trinajstić information content (AvgIpc) is 2.91. The largest absolute Gasteiger partial charge is 0.396 e. The van der Waals surface area contributed by atoms with Crippen LogP contribution in [-0.2, 0) is 11.3 Å². The first kappa shape index (κ1) is 14.5. The Morgan fingerprint density at radius 3 is 3.14 bits per heavy atom. The van der Waals surface area contributed by atoms with Crippen molar-refractivity contribution < 1.29 is 9.90 Å². The molecule has 0 aromatic carbocycles. The molecule has 0 spiro atoms. The molecule has 21 heavy (non-hydrogen) atoms. The van der Waals surface area contributed by atoms with E-state index >= 15 is 0 Å². The Morgan fingerprint density at radius 2 is 2.43 bits per heavy atom. The summed E-state index contributed by atoms with van der Waals surface area (Å²) in [6, 6.07) is 0.220. The minimum absolute atomic E-state index is 0.0278. The number of rotatable bonds is 3. The van der Waals surface area contributed by atoms with Crippen molar-refractivity contribution in [3.8, 4) is 0 Å². The number of fused-ring (bicyclic) bond motifs is 1. The lowest BCUT2D eigenvalue weighted by atomic mass is 9.70. The van der Waals surface area contributed by atoms with Gasteiger partial charge in [0, 0.05) is 36.9 Å². The van der Waals surface area contributed by atoms with Gasteiger partial charge in [0.15, 0.2) is 0 Å². The molecule has 0 aliphatic carbocycles. The molecule has 1 aromatic rings. The molecule has 3 rings (SSSR count). The fourth-order valence-corrected chi connectivity index (χ4v) is 3.65. The average molecular weight is 292 g/mol. The van der Waals surface area contributed by atoms with Gasteiger partial charge in [0.05, 0.1) is 6.61 Å². The maximum absolute atomic E-state index is 12.5. The van der Waals surface area contributed by atoms with Crippen LogP contribution in [0.1, 0.15) is 25.1 Å². The monoisotopic (exact) mass is 292 g/mol. The van der Waals surface area contributed by atoms with E-state index in [1.807, 2.05) is 22.6 Å². The number of aryl methyl sites for hydroxylation is 1. The molecule has 2 aliphatic heterocycles. The summed E-state index contributed by atoms with van der Waals surface area (Å²) >= 11 is 0. The first-order chi connectivity index (χ1) is 10.1. The summed E-state index contributed by atoms with van der Waals surface area (Å²) in [4.78, 5) is 18.6. The fraction of sp³-hybridized carbons (Fsp3) is 0.733. The van der Waals surface area contributed by atoms with E-state index in [1.54, 1.807) is 6.20 Å². The Balaban J connectivity index is 1.65. The van der Waals surface area contributed by atoms with Gasteiger partial charge in [-0.1, -0.05) is 0 Å². The molecule has 6 heteroatoms. The molecule has 2 saturated heterocycles. The minimum Gasteiger partial charge on any atom is -0.396 e. The molecule has 116 valence electrons. The zero-order valence-electron chi connectivity index (χ0n) is 12.6. The third kappa shape index (κ3) is 2.70. The maximum atomic E-state index is 12.5. The lowest BCUT2D eigenvalue weighted by Crippen LogP contribution is -2.62. The van der Waals surface area contributed by atoms with Crippen LogP contribution in [-0.4, -0.2) is 57.7 Å². The van der Waals surface area contributed by atoms with Crippen molar-refractivity contribution >= 4 is 5.91 Å². The van der Waals surface area contributed by atoms with Gasteiger partial charge in [0.25, 0.3) is 0 Å². The molecule has 2 atom stereocenters. The van der Waals surface area contributed by atoms with Gasteiger partial charge in [0.2, 0.25) is 5.91 Å². The molecule has 1 aromatic heterocycles. The Hall–Kier alpha value is -1.40. The molecule has 2 N–H and O–H groups in total. The Labute approximate surface area is 125 Å². The van der Waals surface area contributed by atoms with Crippen LogP contribution in [0.15, 0.2) is 12.4 Å². The van der Waals surface area contributed by atoms with Crippen LogP contribution in [0, 0.1) is 12.3 Å². The van der Waals surface area contributed by atoms with E-state index in [2.05, 4.69) is 10.3 Å². The van der Waals surface area contributed by atoms with Crippen LogP contribution in [0.3, 0.4) is 0 Å². The number of nitrogens with one attached hydrogen (secondary N) is 1. The van der Waals surface area contributed by atoms with Gasteiger partial charge in [-0.15, -0.1) is 0 Å². The summed E-state index contributed by atoms with van der Waals surface area (Å²) in [5.74, 6) is 0.996. The number of nitrogens with zero attached hydrogens (tertiary/aromatic N) is 3. The molecule has 2 aliphatic rings. The van der Waals surface area contributed by atoms with Crippen molar-refractivity contribution in [2.24, 2.45) is 5.41 Å². The normalized spacial score (nSPS) is 29.2. The maximum Gasteiger partial charge on any atom is 0.242 e. The Kier molecular flexibility index (Phi) is 3.99. The first-order valence-corrected chi connectivity index (χ1v) is 7.74. The molecule has 3 heterocycles. The van der Waals surface area contributed by atoms with Crippen LogP contribution in [0.4, 0.5) is 0 Å². The molecule has 2 fully saturated rings. The number of aromatic nitrogens is 2. The SMILES string of the molecule is Cc1nccn1CC(=O)N1CC[C@@]2(CO)CCCN[C@@H]2C1. The number of piperidine rings is 2. The van der Waals surface area contributed by atoms with E-state index in [0.717, 1.165) is 38.2 Å². The zero-order chi connectivity index (χ0) is 14.9. The highest BCUT2D eigenvalue weighted by Crippen LogP contribution is 2.38. The van der Waals surface area contributed by atoms with E-state index in [-0.39, 0.29) is 24.0 Å².